The van der Waals surface area contributed by atoms with E-state index < -0.39 is 10.3 Å². The minimum absolute atomic E-state index is 0.420. The molecule has 0 fully saturated rings. The number of hydrogen-bond acceptors (Lipinski definition) is 4. The van der Waals surface area contributed by atoms with Crippen LogP contribution in [0.15, 0.2) is 0 Å². The molecular weight excluding hydrogens is 171 g/mol. The molecule has 0 aromatic carbocycles. The molecule has 0 saturated carbocycles. The van der Waals surface area contributed by atoms with Crippen molar-refractivity contribution >= 4 is 46.1 Å². The molecule has 0 aromatic rings. The molecule has 0 saturated heterocycles. The number of hydrogen-bond donors (Lipinski definition) is 2. The second kappa shape index (κ2) is 6.94. The molecule has 3 nitrogen and oxygen atoms in total. The maximum Gasteiger partial charge on any atom is 0.197 e. The summed E-state index contributed by atoms with van der Waals surface area (Å²) in [5.41, 5.74) is 0. The third kappa shape index (κ3) is 9.34. The third-order valence-corrected chi connectivity index (χ3v) is 0.667. The lowest BCUT2D eigenvalue weighted by molar-refractivity contribution is 0.702. The topological polar surface area (TPSA) is 64.8 Å². The summed E-state index contributed by atoms with van der Waals surface area (Å²) < 4.78 is 7.83. The lowest BCUT2D eigenvalue weighted by atomic mass is 10.8. The van der Waals surface area contributed by atoms with Crippen molar-refractivity contribution in [2.24, 2.45) is 0 Å². The summed E-state index contributed by atoms with van der Waals surface area (Å²) in [4.78, 5) is 0. The molecule has 0 spiro atoms. The first-order valence-corrected chi connectivity index (χ1v) is 2.38. The largest absolute Gasteiger partial charge is 0.287 e. The summed E-state index contributed by atoms with van der Waals surface area (Å²) in [5.74, 6) is 0. The van der Waals surface area contributed by atoms with Gasteiger partial charge in [-0.25, -0.2) is 0 Å². The molecule has 0 aromatic heterocycles. The van der Waals surface area contributed by atoms with Crippen LogP contribution >= 0.6 is 23.2 Å². The Labute approximate surface area is 61.5 Å². The van der Waals surface area contributed by atoms with E-state index in [1.54, 1.807) is 0 Å². The summed E-state index contributed by atoms with van der Waals surface area (Å²) in [5, 5.41) is 11.9. The zero-order valence-corrected chi connectivity index (χ0v) is 5.90. The van der Waals surface area contributed by atoms with Crippen LogP contribution < -0.4 is 0 Å². The fourth-order valence-electron chi connectivity index (χ4n) is 0. The molecule has 0 bridgehead atoms. The van der Waals surface area contributed by atoms with Crippen molar-refractivity contribution in [3.8, 4) is 0 Å². The van der Waals surface area contributed by atoms with Crippen molar-refractivity contribution in [2.75, 3.05) is 0 Å². The first-order chi connectivity index (χ1) is 3.64. The molecule has 0 rings (SSSR count). The smallest absolute Gasteiger partial charge is 0.197 e. The van der Waals surface area contributed by atoms with Crippen LogP contribution in [0.1, 0.15) is 0 Å². The predicted octanol–water partition coefficient (Wildman–Crippen LogP) is 1.08. The Hall–Kier alpha value is -0.0600. The van der Waals surface area contributed by atoms with Gasteiger partial charge in [-0.15, -0.1) is 0 Å². The number of halogens is 2. The van der Waals surface area contributed by atoms with Gasteiger partial charge in [-0.05, 0) is 0 Å². The van der Waals surface area contributed by atoms with E-state index >= 15 is 0 Å². The number of rotatable bonds is 1. The molecule has 46 valence electrons. The van der Waals surface area contributed by atoms with Crippen molar-refractivity contribution in [2.45, 2.75) is 0 Å². The molecule has 6 heteroatoms. The van der Waals surface area contributed by atoms with Gasteiger partial charge in [-0.2, -0.15) is 4.21 Å². The van der Waals surface area contributed by atoms with Crippen LogP contribution in [0.2, 0.25) is 0 Å². The molecule has 2 N–H and O–H groups in total. The van der Waals surface area contributed by atoms with Crippen LogP contribution in [0.3, 0.4) is 0 Å². The SMILES string of the molecule is N=C(Cl)C(=N)Cl.O=S. The summed E-state index contributed by atoms with van der Waals surface area (Å²) in [7, 11) is 0. The fourth-order valence-corrected chi connectivity index (χ4v) is 0. The van der Waals surface area contributed by atoms with Gasteiger partial charge in [0.1, 0.15) is 0 Å². The lowest BCUT2D eigenvalue weighted by Gasteiger charge is -1.77. The van der Waals surface area contributed by atoms with Gasteiger partial charge < -0.3 is 0 Å². The first kappa shape index (κ1) is 10.8. The Morgan fingerprint density at radius 1 is 1.12 bits per heavy atom. The van der Waals surface area contributed by atoms with Crippen LogP contribution in [0.4, 0.5) is 0 Å². The average molecular weight is 173 g/mol. The Morgan fingerprint density at radius 2 is 1.25 bits per heavy atom. The van der Waals surface area contributed by atoms with E-state index in [4.69, 9.17) is 38.2 Å². The molecule has 0 unspecified atom stereocenters. The van der Waals surface area contributed by atoms with Gasteiger partial charge in [-0.3, -0.25) is 10.8 Å². The maximum absolute atomic E-state index is 7.83. The molecule has 0 aliphatic carbocycles. The van der Waals surface area contributed by atoms with Crippen LogP contribution in [0.25, 0.3) is 0 Å². The summed E-state index contributed by atoms with van der Waals surface area (Å²) in [6.45, 7) is 0. The zero-order chi connectivity index (χ0) is 7.15. The summed E-state index contributed by atoms with van der Waals surface area (Å²) >= 11 is 12.5. The monoisotopic (exact) mass is 172 g/mol. The van der Waals surface area contributed by atoms with E-state index in [0.717, 1.165) is 0 Å². The highest BCUT2D eigenvalue weighted by molar-refractivity contribution is 7.44. The molecule has 0 aliphatic heterocycles. The minimum atomic E-state index is -0.420. The van der Waals surface area contributed by atoms with E-state index in [-0.39, 0.29) is 0 Å². The van der Waals surface area contributed by atoms with Crippen molar-refractivity contribution in [3.63, 3.8) is 0 Å². The number of nitrogens with one attached hydrogen (secondary N) is 2. The van der Waals surface area contributed by atoms with Gasteiger partial charge in [0.15, 0.2) is 22.9 Å². The second-order valence-corrected chi connectivity index (χ2v) is 1.38. The molecule has 0 aliphatic rings. The third-order valence-electron chi connectivity index (χ3n) is 0.193. The van der Waals surface area contributed by atoms with Crippen molar-refractivity contribution < 1.29 is 4.21 Å². The van der Waals surface area contributed by atoms with Crippen LogP contribution in [0.5, 0.6) is 0 Å². The van der Waals surface area contributed by atoms with Gasteiger partial charge >= 0.3 is 0 Å². The predicted molar refractivity (Wildman–Crippen MR) is 35.3 cm³/mol. The highest BCUT2D eigenvalue weighted by atomic mass is 35.5. The maximum atomic E-state index is 7.83. The minimum Gasteiger partial charge on any atom is -0.287 e. The zero-order valence-electron chi connectivity index (χ0n) is 3.57. The molecule has 8 heavy (non-hydrogen) atoms. The van der Waals surface area contributed by atoms with Crippen molar-refractivity contribution in [1.29, 1.82) is 10.8 Å². The molecule has 0 amide bonds. The quantitative estimate of drug-likeness (QED) is 0.582. The van der Waals surface area contributed by atoms with E-state index in [1.807, 2.05) is 0 Å². The van der Waals surface area contributed by atoms with Gasteiger partial charge in [0, 0.05) is 0 Å². The Morgan fingerprint density at radius 3 is 1.25 bits per heavy atom. The van der Waals surface area contributed by atoms with Gasteiger partial charge in [0.2, 0.25) is 0 Å². The molecular formula is C2H2Cl2N2OS. The Kier molecular flexibility index (Phi) is 9.40. The highest BCUT2D eigenvalue weighted by Gasteiger charge is 1.90. The fraction of sp³-hybridized carbons (Fsp3) is 0. The Bertz CT molecular complexity index is 94.2. The average Bonchev–Trinajstić information content (AvgIpc) is 1.72. The standard InChI is InChI=1S/C2H2Cl2N2.OS/c3-1(5)2(4)6;1-2/h5-6H;. The Balaban J connectivity index is 0. The van der Waals surface area contributed by atoms with E-state index in [2.05, 4.69) is 12.5 Å². The van der Waals surface area contributed by atoms with Crippen LogP contribution in [-0.2, 0) is 12.5 Å². The van der Waals surface area contributed by atoms with Crippen molar-refractivity contribution in [3.05, 3.63) is 0 Å². The first-order valence-electron chi connectivity index (χ1n) is 1.29. The molecule has 0 atom stereocenters. The van der Waals surface area contributed by atoms with E-state index in [0.29, 0.717) is 0 Å². The summed E-state index contributed by atoms with van der Waals surface area (Å²) in [6, 6.07) is 0. The van der Waals surface area contributed by atoms with Crippen LogP contribution in [-0.4, -0.2) is 14.6 Å². The van der Waals surface area contributed by atoms with Gasteiger partial charge in [0.25, 0.3) is 0 Å². The molecule has 0 heterocycles. The van der Waals surface area contributed by atoms with Crippen molar-refractivity contribution in [1.82, 2.24) is 0 Å². The molecule has 0 radical (unpaired) electrons. The van der Waals surface area contributed by atoms with Crippen LogP contribution in [0, 0.1) is 10.8 Å². The van der Waals surface area contributed by atoms with E-state index in [9.17, 15) is 0 Å². The second-order valence-electron chi connectivity index (χ2n) is 0.628. The highest BCUT2D eigenvalue weighted by Crippen LogP contribution is 1.86. The summed E-state index contributed by atoms with van der Waals surface area (Å²) in [6.07, 6.45) is 0. The van der Waals surface area contributed by atoms with Gasteiger partial charge in [0.05, 0.1) is 0 Å². The van der Waals surface area contributed by atoms with Gasteiger partial charge in [-0.1, -0.05) is 23.2 Å². The normalized spacial score (nSPS) is 6.25. The van der Waals surface area contributed by atoms with E-state index in [1.165, 1.54) is 0 Å². The lowest BCUT2D eigenvalue weighted by Crippen LogP contribution is -1.91.